The molecule has 0 aliphatic carbocycles. The number of aryl methyl sites for hydroxylation is 1. The number of methoxy groups -OCH3 is 1. The molecule has 0 atom stereocenters. The summed E-state index contributed by atoms with van der Waals surface area (Å²) in [6.07, 6.45) is 0.654. The maximum atomic E-state index is 13.1. The molecule has 144 valence electrons. The van der Waals surface area contributed by atoms with Gasteiger partial charge in [0.05, 0.1) is 12.8 Å². The fraction of sp³-hybridized carbons (Fsp3) is 0.429. The van der Waals surface area contributed by atoms with Crippen molar-refractivity contribution in [3.8, 4) is 5.75 Å². The minimum absolute atomic E-state index is 0.000594. The van der Waals surface area contributed by atoms with E-state index >= 15 is 0 Å². The van der Waals surface area contributed by atoms with Gasteiger partial charge in [-0.1, -0.05) is 19.1 Å². The van der Waals surface area contributed by atoms with E-state index in [-0.39, 0.29) is 11.7 Å². The quantitative estimate of drug-likeness (QED) is 0.823. The van der Waals surface area contributed by atoms with Crippen LogP contribution in [-0.4, -0.2) is 54.9 Å². The first kappa shape index (κ1) is 19.0. The molecule has 0 bridgehead atoms. The number of ether oxygens (including phenoxy) is 1. The van der Waals surface area contributed by atoms with E-state index in [1.807, 2.05) is 43.0 Å². The molecular weight excluding hydrogens is 342 g/mol. The Balaban J connectivity index is 1.76. The minimum atomic E-state index is -0.0258. The van der Waals surface area contributed by atoms with Gasteiger partial charge in [-0.15, -0.1) is 0 Å². The SMILES string of the molecule is CCc1c(C(=O)N2CCN(c3ccccc3OC)CC2)[nH]c(C)c1C(C)=O. The largest absolute Gasteiger partial charge is 0.495 e. The molecule has 1 fully saturated rings. The molecule has 1 aromatic carbocycles. The highest BCUT2D eigenvalue weighted by molar-refractivity contribution is 6.02. The fourth-order valence-corrected chi connectivity index (χ4v) is 3.89. The van der Waals surface area contributed by atoms with Crippen LogP contribution in [0.4, 0.5) is 5.69 Å². The highest BCUT2D eigenvalue weighted by Crippen LogP contribution is 2.29. The molecule has 1 aromatic heterocycles. The van der Waals surface area contributed by atoms with E-state index in [1.54, 1.807) is 14.0 Å². The molecule has 2 aromatic rings. The molecule has 1 aliphatic rings. The summed E-state index contributed by atoms with van der Waals surface area (Å²) in [6, 6.07) is 7.94. The van der Waals surface area contributed by atoms with Crippen molar-refractivity contribution in [3.63, 3.8) is 0 Å². The van der Waals surface area contributed by atoms with Gasteiger partial charge < -0.3 is 19.5 Å². The Morgan fingerprint density at radius 3 is 2.41 bits per heavy atom. The molecule has 0 radical (unpaired) electrons. The van der Waals surface area contributed by atoms with Crippen LogP contribution < -0.4 is 9.64 Å². The predicted molar refractivity (Wildman–Crippen MR) is 106 cm³/mol. The fourth-order valence-electron chi connectivity index (χ4n) is 3.89. The Morgan fingerprint density at radius 1 is 1.15 bits per heavy atom. The van der Waals surface area contributed by atoms with E-state index in [0.29, 0.717) is 30.8 Å². The van der Waals surface area contributed by atoms with E-state index in [2.05, 4.69) is 9.88 Å². The Morgan fingerprint density at radius 2 is 1.81 bits per heavy atom. The van der Waals surface area contributed by atoms with Crippen molar-refractivity contribution in [2.24, 2.45) is 0 Å². The molecule has 1 saturated heterocycles. The van der Waals surface area contributed by atoms with Crippen LogP contribution in [0.3, 0.4) is 0 Å². The molecule has 1 N–H and O–H groups in total. The van der Waals surface area contributed by atoms with Crippen LogP contribution in [0.1, 0.15) is 46.0 Å². The van der Waals surface area contributed by atoms with Crippen LogP contribution in [0, 0.1) is 6.92 Å². The molecule has 0 unspecified atom stereocenters. The smallest absolute Gasteiger partial charge is 0.270 e. The molecule has 0 spiro atoms. The number of carbonyl (C=O) groups excluding carboxylic acids is 2. The number of para-hydroxylation sites is 2. The van der Waals surface area contributed by atoms with E-state index in [1.165, 1.54) is 0 Å². The lowest BCUT2D eigenvalue weighted by Crippen LogP contribution is -2.49. The summed E-state index contributed by atoms with van der Waals surface area (Å²) < 4.78 is 5.45. The normalized spacial score (nSPS) is 14.4. The van der Waals surface area contributed by atoms with Crippen molar-refractivity contribution in [1.82, 2.24) is 9.88 Å². The average molecular weight is 369 g/mol. The highest BCUT2D eigenvalue weighted by Gasteiger charge is 2.28. The third kappa shape index (κ3) is 3.56. The lowest BCUT2D eigenvalue weighted by molar-refractivity contribution is 0.0740. The lowest BCUT2D eigenvalue weighted by atomic mass is 10.0. The Kier molecular flexibility index (Phi) is 5.54. The highest BCUT2D eigenvalue weighted by atomic mass is 16.5. The van der Waals surface area contributed by atoms with Gasteiger partial charge in [-0.05, 0) is 38.0 Å². The number of aromatic amines is 1. The van der Waals surface area contributed by atoms with E-state index in [4.69, 9.17) is 4.74 Å². The van der Waals surface area contributed by atoms with Crippen LogP contribution in [0.25, 0.3) is 0 Å². The number of nitrogens with one attached hydrogen (secondary N) is 1. The minimum Gasteiger partial charge on any atom is -0.495 e. The first-order chi connectivity index (χ1) is 13.0. The van der Waals surface area contributed by atoms with Gasteiger partial charge in [0.25, 0.3) is 5.91 Å². The van der Waals surface area contributed by atoms with E-state index < -0.39 is 0 Å². The van der Waals surface area contributed by atoms with Crippen molar-refractivity contribution in [1.29, 1.82) is 0 Å². The third-order valence-electron chi connectivity index (χ3n) is 5.20. The Labute approximate surface area is 160 Å². The maximum Gasteiger partial charge on any atom is 0.270 e. The van der Waals surface area contributed by atoms with Gasteiger partial charge in [0, 0.05) is 37.4 Å². The number of Topliss-reactive ketones (excluding diaryl/α,β-unsaturated/α-hetero) is 1. The second kappa shape index (κ2) is 7.86. The second-order valence-electron chi connectivity index (χ2n) is 6.84. The van der Waals surface area contributed by atoms with Crippen LogP contribution in [-0.2, 0) is 6.42 Å². The molecule has 2 heterocycles. The van der Waals surface area contributed by atoms with E-state index in [9.17, 15) is 9.59 Å². The molecule has 6 heteroatoms. The van der Waals surface area contributed by atoms with Crippen molar-refractivity contribution < 1.29 is 14.3 Å². The summed E-state index contributed by atoms with van der Waals surface area (Å²) in [5, 5.41) is 0. The molecule has 6 nitrogen and oxygen atoms in total. The predicted octanol–water partition coefficient (Wildman–Crippen LogP) is 3.06. The third-order valence-corrected chi connectivity index (χ3v) is 5.20. The number of H-pyrrole nitrogens is 1. The van der Waals surface area contributed by atoms with E-state index in [0.717, 1.165) is 35.8 Å². The first-order valence-electron chi connectivity index (χ1n) is 9.37. The summed E-state index contributed by atoms with van der Waals surface area (Å²) in [4.78, 5) is 32.3. The first-order valence-corrected chi connectivity index (χ1v) is 9.37. The van der Waals surface area contributed by atoms with Gasteiger partial charge in [-0.25, -0.2) is 0 Å². The molecule has 1 aliphatic heterocycles. The number of hydrogen-bond acceptors (Lipinski definition) is 4. The lowest BCUT2D eigenvalue weighted by Gasteiger charge is -2.36. The summed E-state index contributed by atoms with van der Waals surface area (Å²) >= 11 is 0. The standard InChI is InChI=1S/C21H27N3O3/c1-5-16-19(15(3)25)14(2)22-20(16)21(26)24-12-10-23(11-13-24)17-8-6-7-9-18(17)27-4/h6-9,22H,5,10-13H2,1-4H3. The van der Waals surface area contributed by atoms with Gasteiger partial charge in [0.2, 0.25) is 0 Å². The second-order valence-corrected chi connectivity index (χ2v) is 6.84. The molecule has 1 amide bonds. The van der Waals surface area contributed by atoms with Crippen molar-refractivity contribution in [2.75, 3.05) is 38.2 Å². The van der Waals surface area contributed by atoms with Gasteiger partial charge in [0.1, 0.15) is 11.4 Å². The molecular formula is C21H27N3O3. The van der Waals surface area contributed by atoms with Crippen molar-refractivity contribution in [3.05, 3.63) is 46.8 Å². The monoisotopic (exact) mass is 369 g/mol. The maximum absolute atomic E-state index is 13.1. The summed E-state index contributed by atoms with van der Waals surface area (Å²) in [5.74, 6) is 0.819. The number of nitrogens with zero attached hydrogens (tertiary/aromatic N) is 2. The number of rotatable bonds is 5. The number of ketones is 1. The topological polar surface area (TPSA) is 65.6 Å². The van der Waals surface area contributed by atoms with Crippen LogP contribution in [0.15, 0.2) is 24.3 Å². The Bertz CT molecular complexity index is 848. The van der Waals surface area contributed by atoms with Crippen molar-refractivity contribution in [2.45, 2.75) is 27.2 Å². The summed E-state index contributed by atoms with van der Waals surface area (Å²) in [6.45, 7) is 8.13. The number of carbonyl (C=O) groups is 2. The molecule has 3 rings (SSSR count). The van der Waals surface area contributed by atoms with Crippen LogP contribution in [0.2, 0.25) is 0 Å². The van der Waals surface area contributed by atoms with Crippen molar-refractivity contribution >= 4 is 17.4 Å². The number of hydrogen-bond donors (Lipinski definition) is 1. The zero-order valence-corrected chi connectivity index (χ0v) is 16.5. The summed E-state index contributed by atoms with van der Waals surface area (Å²) in [7, 11) is 1.67. The number of amides is 1. The van der Waals surface area contributed by atoms with Crippen LogP contribution >= 0.6 is 0 Å². The Hall–Kier alpha value is -2.76. The van der Waals surface area contributed by atoms with Gasteiger partial charge in [0.15, 0.2) is 5.78 Å². The molecule has 0 saturated carbocycles. The average Bonchev–Trinajstić information content (AvgIpc) is 3.04. The number of anilines is 1. The summed E-state index contributed by atoms with van der Waals surface area (Å²) in [5.41, 5.74) is 3.88. The van der Waals surface area contributed by atoms with Gasteiger partial charge >= 0.3 is 0 Å². The zero-order chi connectivity index (χ0) is 19.6. The number of aromatic nitrogens is 1. The van der Waals surface area contributed by atoms with Crippen LogP contribution in [0.5, 0.6) is 5.75 Å². The molecule has 27 heavy (non-hydrogen) atoms. The number of benzene rings is 1. The van der Waals surface area contributed by atoms with Gasteiger partial charge in [-0.2, -0.15) is 0 Å². The van der Waals surface area contributed by atoms with Gasteiger partial charge in [-0.3, -0.25) is 9.59 Å². The number of piperazine rings is 1. The zero-order valence-electron chi connectivity index (χ0n) is 16.5.